The number of carbonyl (C=O) groups is 1. The molecule has 3 heteroatoms. The maximum Gasteiger partial charge on any atom is 0.234 e. The van der Waals surface area contributed by atoms with Crippen LogP contribution in [-0.2, 0) is 4.79 Å². The third-order valence-electron chi connectivity index (χ3n) is 3.44. The van der Waals surface area contributed by atoms with Crippen LogP contribution in [0.15, 0.2) is 48.5 Å². The van der Waals surface area contributed by atoms with E-state index in [1.807, 2.05) is 36.4 Å². The lowest BCUT2D eigenvalue weighted by Crippen LogP contribution is -2.38. The van der Waals surface area contributed by atoms with Crippen molar-refractivity contribution in [2.45, 2.75) is 13.0 Å². The second-order valence-corrected chi connectivity index (χ2v) is 4.50. The van der Waals surface area contributed by atoms with Crippen LogP contribution in [0.2, 0.25) is 0 Å². The van der Waals surface area contributed by atoms with E-state index in [-0.39, 0.29) is 11.9 Å². The summed E-state index contributed by atoms with van der Waals surface area (Å²) in [6, 6.07) is 16.0. The van der Waals surface area contributed by atoms with E-state index in [0.717, 1.165) is 22.3 Å². The molecule has 18 heavy (non-hydrogen) atoms. The molecule has 90 valence electrons. The maximum absolute atomic E-state index is 11.6. The van der Waals surface area contributed by atoms with Crippen LogP contribution in [0.3, 0.4) is 0 Å². The number of benzene rings is 2. The predicted molar refractivity (Wildman–Crippen MR) is 70.4 cm³/mol. The minimum Gasteiger partial charge on any atom is -0.274 e. The first-order valence-electron chi connectivity index (χ1n) is 5.93. The highest BCUT2D eigenvalue weighted by Gasteiger charge is 2.32. The van der Waals surface area contributed by atoms with Gasteiger partial charge in [-0.2, -0.15) is 0 Å². The second kappa shape index (κ2) is 3.96. The van der Waals surface area contributed by atoms with E-state index in [2.05, 4.69) is 12.1 Å². The van der Waals surface area contributed by atoms with Crippen molar-refractivity contribution >= 4 is 5.91 Å². The van der Waals surface area contributed by atoms with Crippen molar-refractivity contribution in [3.8, 4) is 11.1 Å². The highest BCUT2D eigenvalue weighted by Crippen LogP contribution is 2.45. The molecule has 0 aliphatic heterocycles. The Morgan fingerprint density at radius 1 is 1.00 bits per heavy atom. The van der Waals surface area contributed by atoms with Crippen molar-refractivity contribution in [2.75, 3.05) is 0 Å². The molecule has 1 amide bonds. The van der Waals surface area contributed by atoms with E-state index in [4.69, 9.17) is 5.84 Å². The fourth-order valence-electron chi connectivity index (χ4n) is 2.61. The number of hydrazine groups is 1. The third-order valence-corrected chi connectivity index (χ3v) is 3.44. The number of nitrogens with zero attached hydrogens (tertiary/aromatic N) is 1. The van der Waals surface area contributed by atoms with Gasteiger partial charge in [-0.15, -0.1) is 0 Å². The van der Waals surface area contributed by atoms with Gasteiger partial charge in [0.25, 0.3) is 0 Å². The van der Waals surface area contributed by atoms with E-state index in [1.165, 1.54) is 11.9 Å². The summed E-state index contributed by atoms with van der Waals surface area (Å²) in [4.78, 5) is 11.6. The second-order valence-electron chi connectivity index (χ2n) is 4.50. The Labute approximate surface area is 106 Å². The average molecular weight is 238 g/mol. The van der Waals surface area contributed by atoms with Crippen LogP contribution in [-0.4, -0.2) is 10.9 Å². The van der Waals surface area contributed by atoms with Gasteiger partial charge in [0.2, 0.25) is 5.91 Å². The summed E-state index contributed by atoms with van der Waals surface area (Å²) >= 11 is 0. The molecule has 1 aliphatic carbocycles. The van der Waals surface area contributed by atoms with Gasteiger partial charge in [-0.05, 0) is 22.3 Å². The van der Waals surface area contributed by atoms with Crippen LogP contribution in [0.5, 0.6) is 0 Å². The van der Waals surface area contributed by atoms with Crippen LogP contribution in [0.1, 0.15) is 24.1 Å². The van der Waals surface area contributed by atoms with E-state index >= 15 is 0 Å². The molecule has 0 unspecified atom stereocenters. The van der Waals surface area contributed by atoms with Gasteiger partial charge in [-0.3, -0.25) is 9.80 Å². The van der Waals surface area contributed by atoms with Crippen molar-refractivity contribution in [3.63, 3.8) is 0 Å². The van der Waals surface area contributed by atoms with Crippen molar-refractivity contribution < 1.29 is 4.79 Å². The van der Waals surface area contributed by atoms with E-state index < -0.39 is 0 Å². The van der Waals surface area contributed by atoms with Crippen molar-refractivity contribution in [2.24, 2.45) is 5.84 Å². The lowest BCUT2D eigenvalue weighted by Gasteiger charge is -2.24. The van der Waals surface area contributed by atoms with Crippen LogP contribution in [0.25, 0.3) is 11.1 Å². The molecule has 2 N–H and O–H groups in total. The molecule has 0 saturated heterocycles. The molecule has 0 spiro atoms. The van der Waals surface area contributed by atoms with Gasteiger partial charge in [-0.1, -0.05) is 48.5 Å². The van der Waals surface area contributed by atoms with Gasteiger partial charge in [0.1, 0.15) is 0 Å². The van der Waals surface area contributed by atoms with E-state index in [9.17, 15) is 4.79 Å². The Morgan fingerprint density at radius 3 is 1.89 bits per heavy atom. The zero-order valence-electron chi connectivity index (χ0n) is 10.1. The third kappa shape index (κ3) is 1.45. The van der Waals surface area contributed by atoms with Crippen LogP contribution < -0.4 is 5.84 Å². The summed E-state index contributed by atoms with van der Waals surface area (Å²) in [5.41, 5.74) is 4.51. The SMILES string of the molecule is CC(=O)N(N)C1c2ccccc2-c2ccccc21. The summed E-state index contributed by atoms with van der Waals surface area (Å²) in [6.45, 7) is 1.49. The quantitative estimate of drug-likeness (QED) is 0.471. The molecule has 0 heterocycles. The van der Waals surface area contributed by atoms with Gasteiger partial charge < -0.3 is 0 Å². The molecule has 0 saturated carbocycles. The number of hydrogen-bond donors (Lipinski definition) is 1. The fourth-order valence-corrected chi connectivity index (χ4v) is 2.61. The van der Waals surface area contributed by atoms with Gasteiger partial charge in [0.05, 0.1) is 6.04 Å². The lowest BCUT2D eigenvalue weighted by atomic mass is 10.1. The van der Waals surface area contributed by atoms with E-state index in [1.54, 1.807) is 0 Å². The van der Waals surface area contributed by atoms with Crippen LogP contribution in [0, 0.1) is 0 Å². The Balaban J connectivity index is 2.24. The zero-order valence-corrected chi connectivity index (χ0v) is 10.1. The first-order valence-corrected chi connectivity index (χ1v) is 5.93. The molecular formula is C15H14N2O. The number of hydrogen-bond acceptors (Lipinski definition) is 2. The molecule has 2 aromatic carbocycles. The predicted octanol–water partition coefficient (Wildman–Crippen LogP) is 2.48. The molecular weight excluding hydrogens is 224 g/mol. The maximum atomic E-state index is 11.6. The minimum absolute atomic E-state index is 0.133. The number of nitrogens with two attached hydrogens (primary N) is 1. The van der Waals surface area contributed by atoms with Gasteiger partial charge >= 0.3 is 0 Å². The van der Waals surface area contributed by atoms with Gasteiger partial charge in [0, 0.05) is 6.92 Å². The highest BCUT2D eigenvalue weighted by molar-refractivity contribution is 5.82. The summed E-state index contributed by atoms with van der Waals surface area (Å²) < 4.78 is 0. The molecule has 0 atom stereocenters. The summed E-state index contributed by atoms with van der Waals surface area (Å²) in [6.07, 6.45) is 0. The Morgan fingerprint density at radius 2 is 1.44 bits per heavy atom. The van der Waals surface area contributed by atoms with Crippen LogP contribution >= 0.6 is 0 Å². The molecule has 3 nitrogen and oxygen atoms in total. The first kappa shape index (κ1) is 11.0. The molecule has 1 aliphatic rings. The van der Waals surface area contributed by atoms with E-state index in [0.29, 0.717) is 0 Å². The molecule has 3 rings (SSSR count). The van der Waals surface area contributed by atoms with Crippen molar-refractivity contribution in [1.29, 1.82) is 0 Å². The molecule has 0 radical (unpaired) electrons. The minimum atomic E-state index is -0.171. The first-order chi connectivity index (χ1) is 8.70. The molecule has 0 bridgehead atoms. The Hall–Kier alpha value is -2.13. The van der Waals surface area contributed by atoms with Crippen LogP contribution in [0.4, 0.5) is 0 Å². The Kier molecular flexibility index (Phi) is 2.42. The normalized spacial score (nSPS) is 13.0. The number of carbonyl (C=O) groups excluding carboxylic acids is 1. The van der Waals surface area contributed by atoms with Gasteiger partial charge in [-0.25, -0.2) is 5.84 Å². The smallest absolute Gasteiger partial charge is 0.234 e. The zero-order chi connectivity index (χ0) is 12.7. The average Bonchev–Trinajstić information content (AvgIpc) is 2.72. The van der Waals surface area contributed by atoms with Crippen molar-refractivity contribution in [3.05, 3.63) is 59.7 Å². The van der Waals surface area contributed by atoms with Gasteiger partial charge in [0.15, 0.2) is 0 Å². The summed E-state index contributed by atoms with van der Waals surface area (Å²) in [5, 5.41) is 1.31. The standard InChI is InChI=1S/C15H14N2O/c1-10(18)17(16)15-13-8-4-2-6-11(13)12-7-3-5-9-14(12)15/h2-9,15H,16H2,1H3. The monoisotopic (exact) mass is 238 g/mol. The topological polar surface area (TPSA) is 46.3 Å². The highest BCUT2D eigenvalue weighted by atomic mass is 16.2. The van der Waals surface area contributed by atoms with Crippen molar-refractivity contribution in [1.82, 2.24) is 5.01 Å². The Bertz CT molecular complexity index is 576. The molecule has 0 fully saturated rings. The molecule has 2 aromatic rings. The number of rotatable bonds is 1. The summed E-state index contributed by atoms with van der Waals surface area (Å²) in [7, 11) is 0. The number of fused-ring (bicyclic) bond motifs is 3. The largest absolute Gasteiger partial charge is 0.274 e. The summed E-state index contributed by atoms with van der Waals surface area (Å²) in [5.74, 6) is 5.80. The molecule has 0 aromatic heterocycles. The lowest BCUT2D eigenvalue weighted by molar-refractivity contribution is -0.130. The fraction of sp³-hybridized carbons (Fsp3) is 0.133. The number of amides is 1.